The van der Waals surface area contributed by atoms with Crippen molar-refractivity contribution in [3.63, 3.8) is 0 Å². The van der Waals surface area contributed by atoms with Crippen molar-refractivity contribution in [2.45, 2.75) is 33.1 Å². The van der Waals surface area contributed by atoms with Gasteiger partial charge in [0.1, 0.15) is 11.2 Å². The van der Waals surface area contributed by atoms with E-state index in [1.165, 1.54) is 12.1 Å². The molecular formula is C17H16F3NO4. The molecule has 1 N–H and O–H groups in total. The maximum atomic E-state index is 12.8. The normalized spacial score (nSPS) is 27.5. The number of halogens is 3. The van der Waals surface area contributed by atoms with Crippen molar-refractivity contribution >= 4 is 23.2 Å². The van der Waals surface area contributed by atoms with Crippen LogP contribution in [0.1, 0.15) is 26.7 Å². The molecule has 2 unspecified atom stereocenters. The molecule has 0 radical (unpaired) electrons. The maximum absolute atomic E-state index is 12.8. The zero-order valence-corrected chi connectivity index (χ0v) is 13.6. The standard InChI is InChI=1S/C17H16F3NO4/c1-15(2)11-7-8-16(15,13(23)12(11)22)14(24)21-9-3-5-10(6-4-9)25-17(18,19)20/h3-6,11H,7-8H2,1-2H3,(H,21,24). The Morgan fingerprint density at radius 2 is 1.80 bits per heavy atom. The number of hydrogen-bond acceptors (Lipinski definition) is 4. The molecule has 25 heavy (non-hydrogen) atoms. The van der Waals surface area contributed by atoms with Gasteiger partial charge in [0.25, 0.3) is 0 Å². The van der Waals surface area contributed by atoms with Gasteiger partial charge < -0.3 is 10.1 Å². The van der Waals surface area contributed by atoms with E-state index in [0.29, 0.717) is 6.42 Å². The third-order valence-corrected chi connectivity index (χ3v) is 5.44. The van der Waals surface area contributed by atoms with Crippen molar-refractivity contribution in [2.24, 2.45) is 16.7 Å². The molecular weight excluding hydrogens is 339 g/mol. The lowest BCUT2D eigenvalue weighted by Crippen LogP contribution is -2.47. The average molecular weight is 355 g/mol. The minimum Gasteiger partial charge on any atom is -0.406 e. The van der Waals surface area contributed by atoms with Crippen LogP contribution in [-0.4, -0.2) is 23.8 Å². The number of rotatable bonds is 3. The predicted molar refractivity (Wildman–Crippen MR) is 80.7 cm³/mol. The molecule has 134 valence electrons. The number of carbonyl (C=O) groups is 3. The third kappa shape index (κ3) is 2.51. The molecule has 2 fully saturated rings. The van der Waals surface area contributed by atoms with Gasteiger partial charge in [0, 0.05) is 11.6 Å². The number of fused-ring (bicyclic) bond motifs is 2. The maximum Gasteiger partial charge on any atom is 0.573 e. The lowest BCUT2D eigenvalue weighted by atomic mass is 9.68. The summed E-state index contributed by atoms with van der Waals surface area (Å²) in [6.07, 6.45) is -4.04. The number of ether oxygens (including phenoxy) is 1. The van der Waals surface area contributed by atoms with Crippen molar-refractivity contribution in [1.29, 1.82) is 0 Å². The van der Waals surface area contributed by atoms with Gasteiger partial charge in [-0.15, -0.1) is 13.2 Å². The van der Waals surface area contributed by atoms with Gasteiger partial charge >= 0.3 is 6.36 Å². The van der Waals surface area contributed by atoms with E-state index in [0.717, 1.165) is 12.1 Å². The van der Waals surface area contributed by atoms with E-state index in [2.05, 4.69) is 10.1 Å². The minimum atomic E-state index is -4.80. The number of ketones is 2. The van der Waals surface area contributed by atoms with E-state index in [4.69, 9.17) is 0 Å². The Morgan fingerprint density at radius 3 is 2.28 bits per heavy atom. The van der Waals surface area contributed by atoms with Gasteiger partial charge in [-0.3, -0.25) is 14.4 Å². The van der Waals surface area contributed by atoms with Crippen molar-refractivity contribution < 1.29 is 32.3 Å². The molecule has 3 rings (SSSR count). The first-order chi connectivity index (χ1) is 11.5. The van der Waals surface area contributed by atoms with Crippen LogP contribution >= 0.6 is 0 Å². The van der Waals surface area contributed by atoms with E-state index in [1.54, 1.807) is 13.8 Å². The lowest BCUT2D eigenvalue weighted by molar-refractivity contribution is -0.274. The van der Waals surface area contributed by atoms with Gasteiger partial charge in [0.05, 0.1) is 0 Å². The van der Waals surface area contributed by atoms with Gasteiger partial charge in [-0.05, 0) is 42.5 Å². The summed E-state index contributed by atoms with van der Waals surface area (Å²) in [6.45, 7) is 3.46. The second-order valence-electron chi connectivity index (χ2n) is 6.94. The minimum absolute atomic E-state index is 0.222. The zero-order valence-electron chi connectivity index (χ0n) is 13.6. The number of amides is 1. The number of benzene rings is 1. The molecule has 2 saturated carbocycles. The highest BCUT2D eigenvalue weighted by molar-refractivity contribution is 6.48. The molecule has 2 bridgehead atoms. The van der Waals surface area contributed by atoms with Crippen molar-refractivity contribution in [2.75, 3.05) is 5.32 Å². The molecule has 2 atom stereocenters. The van der Waals surface area contributed by atoms with Crippen LogP contribution in [0.2, 0.25) is 0 Å². The second-order valence-corrected chi connectivity index (χ2v) is 6.94. The van der Waals surface area contributed by atoms with Gasteiger partial charge in [0.2, 0.25) is 17.5 Å². The summed E-state index contributed by atoms with van der Waals surface area (Å²) in [5, 5.41) is 2.55. The smallest absolute Gasteiger partial charge is 0.406 e. The first kappa shape index (κ1) is 17.4. The quantitative estimate of drug-likeness (QED) is 0.668. The summed E-state index contributed by atoms with van der Waals surface area (Å²) in [4.78, 5) is 37.2. The summed E-state index contributed by atoms with van der Waals surface area (Å²) in [5.74, 6) is -2.67. The summed E-state index contributed by atoms with van der Waals surface area (Å²) in [5.41, 5.74) is -1.99. The van der Waals surface area contributed by atoms with Gasteiger partial charge in [-0.2, -0.15) is 0 Å². The van der Waals surface area contributed by atoms with Crippen molar-refractivity contribution in [1.82, 2.24) is 0 Å². The van der Waals surface area contributed by atoms with Crippen LogP contribution in [0.15, 0.2) is 24.3 Å². The number of carbonyl (C=O) groups excluding carboxylic acids is 3. The van der Waals surface area contributed by atoms with Crippen molar-refractivity contribution in [3.8, 4) is 5.75 Å². The highest BCUT2D eigenvalue weighted by Crippen LogP contribution is 2.62. The Bertz CT molecular complexity index is 754. The summed E-state index contributed by atoms with van der Waals surface area (Å²) >= 11 is 0. The molecule has 0 heterocycles. The highest BCUT2D eigenvalue weighted by Gasteiger charge is 2.72. The molecule has 5 nitrogen and oxygen atoms in total. The number of hydrogen-bond donors (Lipinski definition) is 1. The van der Waals surface area contributed by atoms with E-state index in [1.807, 2.05) is 0 Å². The summed E-state index contributed by atoms with van der Waals surface area (Å²) in [7, 11) is 0. The fourth-order valence-electron chi connectivity index (χ4n) is 4.06. The van der Waals surface area contributed by atoms with Crippen molar-refractivity contribution in [3.05, 3.63) is 24.3 Å². The molecule has 2 aliphatic carbocycles. The van der Waals surface area contributed by atoms with E-state index in [-0.39, 0.29) is 12.1 Å². The Morgan fingerprint density at radius 1 is 1.20 bits per heavy atom. The van der Waals surface area contributed by atoms with Crippen LogP contribution in [0.4, 0.5) is 18.9 Å². The average Bonchev–Trinajstić information content (AvgIpc) is 2.84. The second kappa shape index (κ2) is 5.31. The zero-order chi connectivity index (χ0) is 18.6. The predicted octanol–water partition coefficient (Wildman–Crippen LogP) is 3.10. The topological polar surface area (TPSA) is 72.5 Å². The fraction of sp³-hybridized carbons (Fsp3) is 0.471. The molecule has 0 saturated heterocycles. The Balaban J connectivity index is 1.81. The monoisotopic (exact) mass is 355 g/mol. The Hall–Kier alpha value is -2.38. The SMILES string of the molecule is CC1(C)C2CCC1(C(=O)Nc1ccc(OC(F)(F)F)cc1)C(=O)C2=O. The first-order valence-corrected chi connectivity index (χ1v) is 7.75. The van der Waals surface area contributed by atoms with Crippen LogP contribution < -0.4 is 10.1 Å². The number of anilines is 1. The molecule has 1 aromatic rings. The lowest BCUT2D eigenvalue weighted by Gasteiger charge is -2.33. The van der Waals surface area contributed by atoms with Crippen LogP contribution in [-0.2, 0) is 14.4 Å². The van der Waals surface area contributed by atoms with E-state index in [9.17, 15) is 27.6 Å². The van der Waals surface area contributed by atoms with Crippen LogP contribution in [0.3, 0.4) is 0 Å². The number of Topliss-reactive ketones (excluding diaryl/α,β-unsaturated/α-hetero) is 2. The van der Waals surface area contributed by atoms with Crippen LogP contribution in [0.25, 0.3) is 0 Å². The van der Waals surface area contributed by atoms with E-state index >= 15 is 0 Å². The molecule has 0 spiro atoms. The first-order valence-electron chi connectivity index (χ1n) is 7.75. The molecule has 8 heteroatoms. The van der Waals surface area contributed by atoms with Crippen LogP contribution in [0.5, 0.6) is 5.75 Å². The van der Waals surface area contributed by atoms with Crippen LogP contribution in [0, 0.1) is 16.7 Å². The molecule has 1 aromatic carbocycles. The molecule has 1 amide bonds. The number of nitrogens with one attached hydrogen (secondary N) is 1. The third-order valence-electron chi connectivity index (χ3n) is 5.44. The Kier molecular flexibility index (Phi) is 3.70. The largest absolute Gasteiger partial charge is 0.573 e. The van der Waals surface area contributed by atoms with Gasteiger partial charge in [0.15, 0.2) is 0 Å². The summed E-state index contributed by atoms with van der Waals surface area (Å²) in [6, 6.07) is 4.61. The van der Waals surface area contributed by atoms with Gasteiger partial charge in [-0.25, -0.2) is 0 Å². The van der Waals surface area contributed by atoms with E-state index < -0.39 is 46.3 Å². The Labute approximate surface area is 141 Å². The molecule has 0 aliphatic heterocycles. The highest BCUT2D eigenvalue weighted by atomic mass is 19.4. The molecule has 2 aliphatic rings. The number of alkyl halides is 3. The molecule has 0 aromatic heterocycles. The fourth-order valence-corrected chi connectivity index (χ4v) is 4.06. The summed E-state index contributed by atoms with van der Waals surface area (Å²) < 4.78 is 40.2. The van der Waals surface area contributed by atoms with Gasteiger partial charge in [-0.1, -0.05) is 13.8 Å².